The number of hydrogen-bond donors (Lipinski definition) is 0. The Morgan fingerprint density at radius 1 is 1.21 bits per heavy atom. The van der Waals surface area contributed by atoms with E-state index in [1.807, 2.05) is 31.7 Å². The van der Waals surface area contributed by atoms with Crippen LogP contribution in [0, 0.1) is 20.8 Å². The fourth-order valence-corrected chi connectivity index (χ4v) is 3.72. The van der Waals surface area contributed by atoms with Crippen molar-refractivity contribution in [3.63, 3.8) is 0 Å². The van der Waals surface area contributed by atoms with E-state index in [-0.39, 0.29) is 11.9 Å². The molecule has 1 aliphatic rings. The van der Waals surface area contributed by atoms with Crippen molar-refractivity contribution in [3.8, 4) is 11.3 Å². The second-order valence-corrected chi connectivity index (χ2v) is 7.06. The topological polar surface area (TPSA) is 97.9 Å². The molecular formula is C20H22N6O2. The van der Waals surface area contributed by atoms with Gasteiger partial charge in [0, 0.05) is 18.4 Å². The van der Waals surface area contributed by atoms with Gasteiger partial charge in [-0.15, -0.1) is 0 Å². The molecule has 28 heavy (non-hydrogen) atoms. The van der Waals surface area contributed by atoms with Gasteiger partial charge in [0.2, 0.25) is 0 Å². The molecule has 0 aliphatic carbocycles. The molecule has 8 nitrogen and oxygen atoms in total. The summed E-state index contributed by atoms with van der Waals surface area (Å²) >= 11 is 0. The number of piperidine rings is 1. The maximum atomic E-state index is 13.0. The average molecular weight is 378 g/mol. The summed E-state index contributed by atoms with van der Waals surface area (Å²) in [6, 6.07) is 3.38. The van der Waals surface area contributed by atoms with Crippen LogP contribution in [0.25, 0.3) is 11.3 Å². The highest BCUT2D eigenvalue weighted by molar-refractivity contribution is 5.92. The predicted octanol–water partition coefficient (Wildman–Crippen LogP) is 3.21. The Bertz CT molecular complexity index is 982. The Labute approximate surface area is 163 Å². The maximum Gasteiger partial charge on any atom is 0.273 e. The quantitative estimate of drug-likeness (QED) is 0.690. The number of aromatic nitrogens is 5. The molecule has 1 aliphatic heterocycles. The van der Waals surface area contributed by atoms with Gasteiger partial charge in [0.15, 0.2) is 5.82 Å². The fourth-order valence-electron chi connectivity index (χ4n) is 3.72. The first-order chi connectivity index (χ1) is 13.5. The van der Waals surface area contributed by atoms with E-state index in [0.29, 0.717) is 18.1 Å². The van der Waals surface area contributed by atoms with Crippen molar-refractivity contribution < 1.29 is 9.32 Å². The van der Waals surface area contributed by atoms with Gasteiger partial charge in [-0.05, 0) is 52.2 Å². The minimum atomic E-state index is -0.185. The first-order valence-electron chi connectivity index (χ1n) is 9.40. The van der Waals surface area contributed by atoms with E-state index in [4.69, 9.17) is 9.51 Å². The molecule has 1 fully saturated rings. The minimum absolute atomic E-state index is 0.115. The summed E-state index contributed by atoms with van der Waals surface area (Å²) in [7, 11) is 0. The summed E-state index contributed by atoms with van der Waals surface area (Å²) in [4.78, 5) is 32.4. The lowest BCUT2D eigenvalue weighted by molar-refractivity contribution is 0.0593. The van der Waals surface area contributed by atoms with Crippen molar-refractivity contribution in [1.29, 1.82) is 0 Å². The molecule has 3 aromatic heterocycles. The van der Waals surface area contributed by atoms with Crippen molar-refractivity contribution in [1.82, 2.24) is 30.0 Å². The summed E-state index contributed by atoms with van der Waals surface area (Å²) in [5.41, 5.74) is 3.69. The number of hydrogen-bond acceptors (Lipinski definition) is 7. The number of nitrogens with zero attached hydrogens (tertiary/aromatic N) is 6. The average Bonchev–Trinajstić information content (AvgIpc) is 3.06. The Morgan fingerprint density at radius 2 is 2.07 bits per heavy atom. The molecule has 4 heterocycles. The molecule has 0 unspecified atom stereocenters. The van der Waals surface area contributed by atoms with Crippen molar-refractivity contribution in [2.45, 2.75) is 46.1 Å². The van der Waals surface area contributed by atoms with E-state index in [1.165, 1.54) is 6.33 Å². The second-order valence-electron chi connectivity index (χ2n) is 7.06. The molecule has 0 N–H and O–H groups in total. The predicted molar refractivity (Wildman–Crippen MR) is 101 cm³/mol. The van der Waals surface area contributed by atoms with E-state index in [0.717, 1.165) is 47.7 Å². The number of carbonyl (C=O) groups excluding carboxylic acids is 1. The normalized spacial score (nSPS) is 17.0. The van der Waals surface area contributed by atoms with E-state index >= 15 is 0 Å². The molecule has 1 atom stereocenters. The van der Waals surface area contributed by atoms with E-state index < -0.39 is 0 Å². The van der Waals surface area contributed by atoms with Crippen molar-refractivity contribution in [2.24, 2.45) is 0 Å². The summed E-state index contributed by atoms with van der Waals surface area (Å²) < 4.78 is 5.30. The number of aryl methyl sites for hydroxylation is 3. The van der Waals surface area contributed by atoms with Gasteiger partial charge in [0.1, 0.15) is 17.8 Å². The Kier molecular flexibility index (Phi) is 4.85. The van der Waals surface area contributed by atoms with Crippen LogP contribution >= 0.6 is 0 Å². The minimum Gasteiger partial charge on any atom is -0.361 e. The van der Waals surface area contributed by atoms with Gasteiger partial charge in [-0.25, -0.2) is 19.9 Å². The van der Waals surface area contributed by atoms with Crippen LogP contribution in [-0.4, -0.2) is 42.4 Å². The van der Waals surface area contributed by atoms with Crippen LogP contribution in [0.3, 0.4) is 0 Å². The Morgan fingerprint density at radius 3 is 2.79 bits per heavy atom. The van der Waals surface area contributed by atoms with Gasteiger partial charge in [0.05, 0.1) is 23.0 Å². The molecule has 0 radical (unpaired) electrons. The Balaban J connectivity index is 1.73. The monoisotopic (exact) mass is 378 g/mol. The molecule has 1 amide bonds. The van der Waals surface area contributed by atoms with Crippen LogP contribution in [0.15, 0.2) is 29.2 Å². The van der Waals surface area contributed by atoms with E-state index in [1.54, 1.807) is 12.3 Å². The van der Waals surface area contributed by atoms with Crippen LogP contribution < -0.4 is 0 Å². The zero-order valence-electron chi connectivity index (χ0n) is 16.2. The van der Waals surface area contributed by atoms with Gasteiger partial charge in [-0.3, -0.25) is 4.79 Å². The largest absolute Gasteiger partial charge is 0.361 e. The molecule has 8 heteroatoms. The lowest BCUT2D eigenvalue weighted by Crippen LogP contribution is -2.39. The number of likely N-dealkylation sites (tertiary alicyclic amines) is 1. The summed E-state index contributed by atoms with van der Waals surface area (Å²) in [6.45, 7) is 6.37. The zero-order valence-corrected chi connectivity index (χ0v) is 16.2. The molecule has 4 rings (SSSR count). The summed E-state index contributed by atoms with van der Waals surface area (Å²) in [6.07, 6.45) is 5.77. The molecule has 3 aromatic rings. The molecule has 0 bridgehead atoms. The van der Waals surface area contributed by atoms with Crippen LogP contribution in [0.4, 0.5) is 0 Å². The smallest absolute Gasteiger partial charge is 0.273 e. The highest BCUT2D eigenvalue weighted by Gasteiger charge is 2.32. The van der Waals surface area contributed by atoms with Gasteiger partial charge in [0.25, 0.3) is 5.91 Å². The van der Waals surface area contributed by atoms with E-state index in [9.17, 15) is 4.79 Å². The lowest BCUT2D eigenvalue weighted by atomic mass is 10.00. The van der Waals surface area contributed by atoms with Crippen LogP contribution in [0.1, 0.15) is 58.8 Å². The zero-order chi connectivity index (χ0) is 19.7. The highest BCUT2D eigenvalue weighted by Crippen LogP contribution is 2.32. The van der Waals surface area contributed by atoms with Gasteiger partial charge in [-0.1, -0.05) is 5.16 Å². The first-order valence-corrected chi connectivity index (χ1v) is 9.40. The third kappa shape index (κ3) is 3.37. The van der Waals surface area contributed by atoms with Crippen molar-refractivity contribution >= 4 is 5.91 Å². The number of amides is 1. The molecule has 144 valence electrons. The SMILES string of the molecule is Cc1cc(-c2c(C)noc2C)nc([C@@H]2CCCCN2C(=O)c2ccncn2)n1. The lowest BCUT2D eigenvalue weighted by Gasteiger charge is -2.34. The van der Waals surface area contributed by atoms with Crippen molar-refractivity contribution in [3.05, 3.63) is 53.3 Å². The Hall–Kier alpha value is -3.16. The molecular weight excluding hydrogens is 356 g/mol. The van der Waals surface area contributed by atoms with Gasteiger partial charge in [-0.2, -0.15) is 0 Å². The van der Waals surface area contributed by atoms with Crippen LogP contribution in [0.2, 0.25) is 0 Å². The van der Waals surface area contributed by atoms with Gasteiger partial charge < -0.3 is 9.42 Å². The maximum absolute atomic E-state index is 13.0. The van der Waals surface area contributed by atoms with Crippen LogP contribution in [0.5, 0.6) is 0 Å². The molecule has 0 spiro atoms. The highest BCUT2D eigenvalue weighted by atomic mass is 16.5. The van der Waals surface area contributed by atoms with E-state index in [2.05, 4.69) is 20.1 Å². The van der Waals surface area contributed by atoms with Crippen molar-refractivity contribution in [2.75, 3.05) is 6.54 Å². The molecule has 1 saturated heterocycles. The third-order valence-electron chi connectivity index (χ3n) is 5.02. The van der Waals surface area contributed by atoms with Crippen LogP contribution in [-0.2, 0) is 0 Å². The number of rotatable bonds is 3. The second kappa shape index (κ2) is 7.46. The molecule has 0 aromatic carbocycles. The summed E-state index contributed by atoms with van der Waals surface area (Å²) in [5.74, 6) is 1.26. The fraction of sp³-hybridized carbons (Fsp3) is 0.400. The summed E-state index contributed by atoms with van der Waals surface area (Å²) in [5, 5.41) is 4.03. The third-order valence-corrected chi connectivity index (χ3v) is 5.02. The van der Waals surface area contributed by atoms with Gasteiger partial charge >= 0.3 is 0 Å². The first kappa shape index (κ1) is 18.2. The number of carbonyl (C=O) groups is 1. The molecule has 0 saturated carbocycles. The standard InChI is InChI=1S/C20H22N6O2/c1-12-10-16(18-13(2)25-28-14(18)3)24-19(23-12)17-6-4-5-9-26(17)20(27)15-7-8-21-11-22-15/h7-8,10-11,17H,4-6,9H2,1-3H3/t17-/m0/s1.